The number of aromatic nitrogens is 3. The molecule has 0 atom stereocenters. The number of nitrogens with zero attached hydrogens (tertiary/aromatic N) is 3. The number of hydrogen-bond donors (Lipinski definition) is 1. The van der Waals surface area contributed by atoms with E-state index in [-0.39, 0.29) is 0 Å². The van der Waals surface area contributed by atoms with Gasteiger partial charge in [0.15, 0.2) is 0 Å². The van der Waals surface area contributed by atoms with E-state index in [2.05, 4.69) is 21.0 Å². The van der Waals surface area contributed by atoms with Crippen molar-refractivity contribution in [2.24, 2.45) is 0 Å². The molecule has 17 heavy (non-hydrogen) atoms. The molecule has 0 amide bonds. The second kappa shape index (κ2) is 3.68. The number of H-pyrrole nitrogens is 1. The van der Waals surface area contributed by atoms with Crippen molar-refractivity contribution < 1.29 is 0 Å². The normalized spacial score (nSPS) is 10.6. The van der Waals surface area contributed by atoms with E-state index in [9.17, 15) is 0 Å². The number of fused-ring (bicyclic) bond motifs is 1. The first kappa shape index (κ1) is 10.00. The second-order valence-electron chi connectivity index (χ2n) is 3.70. The molecule has 0 aliphatic rings. The SMILES string of the molecule is Cc1nc2ccc(-c3ncsc3C#N)cc2[nH]1. The molecular formula is C12H8N4S. The van der Waals surface area contributed by atoms with Gasteiger partial charge < -0.3 is 4.98 Å². The van der Waals surface area contributed by atoms with Crippen molar-refractivity contribution in [2.45, 2.75) is 6.92 Å². The van der Waals surface area contributed by atoms with Crippen molar-refractivity contribution in [3.8, 4) is 17.3 Å². The zero-order chi connectivity index (χ0) is 11.8. The molecule has 0 spiro atoms. The highest BCUT2D eigenvalue weighted by molar-refractivity contribution is 7.10. The number of aromatic amines is 1. The van der Waals surface area contributed by atoms with Crippen molar-refractivity contribution in [2.75, 3.05) is 0 Å². The fourth-order valence-corrected chi connectivity index (χ4v) is 2.41. The third-order valence-electron chi connectivity index (χ3n) is 2.54. The Hall–Kier alpha value is -2.19. The van der Waals surface area contributed by atoms with Gasteiger partial charge in [0.05, 0.1) is 22.2 Å². The number of aryl methyl sites for hydroxylation is 1. The van der Waals surface area contributed by atoms with Crippen molar-refractivity contribution in [3.05, 3.63) is 34.4 Å². The first-order chi connectivity index (χ1) is 8.28. The molecule has 82 valence electrons. The largest absolute Gasteiger partial charge is 0.342 e. The van der Waals surface area contributed by atoms with Crippen LogP contribution in [-0.2, 0) is 0 Å². The number of rotatable bonds is 1. The standard InChI is InChI=1S/C12H8N4S/c1-7-15-9-3-2-8(4-10(9)16-7)12-11(5-13)17-6-14-12/h2-4,6H,1H3,(H,15,16). The smallest absolute Gasteiger partial charge is 0.132 e. The summed E-state index contributed by atoms with van der Waals surface area (Å²) >= 11 is 1.36. The van der Waals surface area contributed by atoms with Gasteiger partial charge in [0, 0.05) is 5.56 Å². The Morgan fingerprint density at radius 3 is 3.12 bits per heavy atom. The van der Waals surface area contributed by atoms with E-state index in [4.69, 9.17) is 5.26 Å². The fraction of sp³-hybridized carbons (Fsp3) is 0.0833. The average Bonchev–Trinajstić information content (AvgIpc) is 2.91. The van der Waals surface area contributed by atoms with E-state index in [1.165, 1.54) is 11.3 Å². The van der Waals surface area contributed by atoms with Gasteiger partial charge in [0.1, 0.15) is 16.8 Å². The predicted octanol–water partition coefficient (Wildman–Crippen LogP) is 2.87. The van der Waals surface area contributed by atoms with Gasteiger partial charge in [-0.25, -0.2) is 9.97 Å². The monoisotopic (exact) mass is 240 g/mol. The van der Waals surface area contributed by atoms with Crippen molar-refractivity contribution in [3.63, 3.8) is 0 Å². The molecule has 0 saturated heterocycles. The summed E-state index contributed by atoms with van der Waals surface area (Å²) in [6.45, 7) is 1.92. The number of imidazole rings is 1. The molecule has 3 aromatic rings. The van der Waals surface area contributed by atoms with Crippen LogP contribution in [0.1, 0.15) is 10.7 Å². The molecule has 3 rings (SSSR count). The number of hydrogen-bond acceptors (Lipinski definition) is 4. The van der Waals surface area contributed by atoms with Gasteiger partial charge in [0.25, 0.3) is 0 Å². The third-order valence-corrected chi connectivity index (χ3v) is 3.27. The highest BCUT2D eigenvalue weighted by Gasteiger charge is 2.09. The molecule has 0 unspecified atom stereocenters. The van der Waals surface area contributed by atoms with Gasteiger partial charge in [-0.1, -0.05) is 6.07 Å². The summed E-state index contributed by atoms with van der Waals surface area (Å²) in [5.74, 6) is 0.885. The Bertz CT molecular complexity index is 732. The Morgan fingerprint density at radius 2 is 2.29 bits per heavy atom. The Labute approximate surface area is 102 Å². The molecule has 5 heteroatoms. The lowest BCUT2D eigenvalue weighted by Gasteiger charge is -1.97. The van der Waals surface area contributed by atoms with E-state index in [0.29, 0.717) is 4.88 Å². The lowest BCUT2D eigenvalue weighted by atomic mass is 10.1. The maximum absolute atomic E-state index is 8.99. The molecule has 0 bridgehead atoms. The van der Waals surface area contributed by atoms with Crippen molar-refractivity contribution in [1.29, 1.82) is 5.26 Å². The summed E-state index contributed by atoms with van der Waals surface area (Å²) in [4.78, 5) is 12.4. The van der Waals surface area contributed by atoms with E-state index < -0.39 is 0 Å². The van der Waals surface area contributed by atoms with Crippen molar-refractivity contribution >= 4 is 22.4 Å². The predicted molar refractivity (Wildman–Crippen MR) is 66.7 cm³/mol. The van der Waals surface area contributed by atoms with E-state index in [1.807, 2.05) is 25.1 Å². The molecule has 1 aromatic carbocycles. The molecule has 0 fully saturated rings. The van der Waals surface area contributed by atoms with Gasteiger partial charge in [0.2, 0.25) is 0 Å². The van der Waals surface area contributed by atoms with Crippen LogP contribution in [0.25, 0.3) is 22.3 Å². The molecule has 1 N–H and O–H groups in total. The summed E-state index contributed by atoms with van der Waals surface area (Å²) in [5.41, 5.74) is 5.28. The summed E-state index contributed by atoms with van der Waals surface area (Å²) < 4.78 is 0. The Balaban J connectivity index is 2.21. The molecule has 0 saturated carbocycles. The average molecular weight is 240 g/mol. The summed E-state index contributed by atoms with van der Waals surface area (Å²) in [6, 6.07) is 8.02. The van der Waals surface area contributed by atoms with Crippen LogP contribution in [0, 0.1) is 18.3 Å². The maximum Gasteiger partial charge on any atom is 0.132 e. The van der Waals surface area contributed by atoms with Crippen LogP contribution in [0.15, 0.2) is 23.7 Å². The number of nitriles is 1. The first-order valence-corrected chi connectivity index (χ1v) is 5.96. The summed E-state index contributed by atoms with van der Waals surface area (Å²) in [5, 5.41) is 8.99. The summed E-state index contributed by atoms with van der Waals surface area (Å²) in [7, 11) is 0. The van der Waals surface area contributed by atoms with E-state index >= 15 is 0 Å². The highest BCUT2D eigenvalue weighted by atomic mass is 32.1. The van der Waals surface area contributed by atoms with Crippen molar-refractivity contribution in [1.82, 2.24) is 15.0 Å². The molecule has 2 heterocycles. The zero-order valence-corrected chi connectivity index (χ0v) is 9.88. The topological polar surface area (TPSA) is 65.4 Å². The number of thiazole rings is 1. The van der Waals surface area contributed by atoms with Crippen LogP contribution in [0.3, 0.4) is 0 Å². The van der Waals surface area contributed by atoms with Crippen LogP contribution in [-0.4, -0.2) is 15.0 Å². The van der Waals surface area contributed by atoms with Gasteiger partial charge in [-0.05, 0) is 19.1 Å². The zero-order valence-electron chi connectivity index (χ0n) is 9.06. The van der Waals surface area contributed by atoms with Crippen LogP contribution in [0.5, 0.6) is 0 Å². The quantitative estimate of drug-likeness (QED) is 0.711. The molecule has 4 nitrogen and oxygen atoms in total. The lowest BCUT2D eigenvalue weighted by molar-refractivity contribution is 1.17. The van der Waals surface area contributed by atoms with Gasteiger partial charge in [-0.3, -0.25) is 0 Å². The molecular weight excluding hydrogens is 232 g/mol. The summed E-state index contributed by atoms with van der Waals surface area (Å²) in [6.07, 6.45) is 0. The minimum absolute atomic E-state index is 0.639. The van der Waals surface area contributed by atoms with Gasteiger partial charge >= 0.3 is 0 Å². The minimum Gasteiger partial charge on any atom is -0.342 e. The van der Waals surface area contributed by atoms with E-state index in [0.717, 1.165) is 28.1 Å². The molecule has 2 aromatic heterocycles. The maximum atomic E-state index is 8.99. The second-order valence-corrected chi connectivity index (χ2v) is 4.55. The Morgan fingerprint density at radius 1 is 1.41 bits per heavy atom. The molecule has 0 aliphatic heterocycles. The first-order valence-electron chi connectivity index (χ1n) is 5.08. The number of nitrogens with one attached hydrogen (secondary N) is 1. The van der Waals surface area contributed by atoms with Gasteiger partial charge in [-0.2, -0.15) is 5.26 Å². The third kappa shape index (κ3) is 1.59. The molecule has 0 radical (unpaired) electrons. The van der Waals surface area contributed by atoms with Crippen LogP contribution in [0.2, 0.25) is 0 Å². The fourth-order valence-electron chi connectivity index (χ4n) is 1.82. The van der Waals surface area contributed by atoms with Crippen LogP contribution < -0.4 is 0 Å². The Kier molecular flexibility index (Phi) is 2.16. The van der Waals surface area contributed by atoms with Crippen LogP contribution in [0.4, 0.5) is 0 Å². The van der Waals surface area contributed by atoms with E-state index in [1.54, 1.807) is 5.51 Å². The van der Waals surface area contributed by atoms with Crippen LogP contribution >= 0.6 is 11.3 Å². The molecule has 0 aliphatic carbocycles. The lowest BCUT2D eigenvalue weighted by Crippen LogP contribution is -1.81. The van der Waals surface area contributed by atoms with Gasteiger partial charge in [-0.15, -0.1) is 11.3 Å². The minimum atomic E-state index is 0.639. The highest BCUT2D eigenvalue weighted by Crippen LogP contribution is 2.26. The number of benzene rings is 1.